The van der Waals surface area contributed by atoms with E-state index in [0.717, 1.165) is 16.8 Å². The van der Waals surface area contributed by atoms with E-state index >= 15 is 0 Å². The van der Waals surface area contributed by atoms with Gasteiger partial charge >= 0.3 is 0 Å². The van der Waals surface area contributed by atoms with Gasteiger partial charge in [-0.3, -0.25) is 0 Å². The van der Waals surface area contributed by atoms with Crippen molar-refractivity contribution in [3.8, 4) is 34.8 Å². The van der Waals surface area contributed by atoms with Gasteiger partial charge in [0.05, 0.1) is 5.69 Å². The van der Waals surface area contributed by atoms with E-state index in [4.69, 9.17) is 4.52 Å². The van der Waals surface area contributed by atoms with Crippen LogP contribution in [0.5, 0.6) is 0 Å². The highest BCUT2D eigenvalue weighted by molar-refractivity contribution is 5.59. The highest BCUT2D eigenvalue weighted by Crippen LogP contribution is 2.21. The van der Waals surface area contributed by atoms with Crippen molar-refractivity contribution in [2.75, 3.05) is 0 Å². The molecule has 120 valence electrons. The van der Waals surface area contributed by atoms with Crippen LogP contribution >= 0.6 is 0 Å². The zero-order valence-corrected chi connectivity index (χ0v) is 13.6. The van der Waals surface area contributed by atoms with Crippen molar-refractivity contribution in [2.24, 2.45) is 0 Å². The summed E-state index contributed by atoms with van der Waals surface area (Å²) in [6.07, 6.45) is 0. The molecule has 3 aromatic rings. The van der Waals surface area contributed by atoms with Gasteiger partial charge in [-0.15, -0.1) is 5.10 Å². The molecule has 0 aliphatic heterocycles. The molecule has 6 nitrogen and oxygen atoms in total. The zero-order valence-electron chi connectivity index (χ0n) is 13.6. The molecule has 3 rings (SSSR count). The molecule has 2 aromatic heterocycles. The maximum Gasteiger partial charge on any atom is 0.258 e. The first-order valence-corrected chi connectivity index (χ1v) is 7.41. The number of aromatic nitrogens is 4. The monoisotopic (exact) mass is 320 g/mol. The van der Waals surface area contributed by atoms with E-state index < -0.39 is 5.60 Å². The molecule has 0 bridgehead atoms. The fourth-order valence-electron chi connectivity index (χ4n) is 1.92. The Morgan fingerprint density at radius 1 is 1.12 bits per heavy atom. The maximum absolute atomic E-state index is 9.69. The van der Waals surface area contributed by atoms with Crippen LogP contribution in [-0.2, 0) is 0 Å². The van der Waals surface area contributed by atoms with Crippen LogP contribution in [0, 0.1) is 18.8 Å². The highest BCUT2D eigenvalue weighted by Gasteiger charge is 2.12. The molecule has 0 saturated carbocycles. The van der Waals surface area contributed by atoms with E-state index in [0.29, 0.717) is 17.4 Å². The Bertz CT molecular complexity index is 912. The molecule has 0 radical (unpaired) electrons. The number of hydrogen-bond acceptors (Lipinski definition) is 6. The summed E-state index contributed by atoms with van der Waals surface area (Å²) in [6, 6.07) is 11.0. The summed E-state index contributed by atoms with van der Waals surface area (Å²) in [5.74, 6) is 6.46. The van der Waals surface area contributed by atoms with Crippen molar-refractivity contribution >= 4 is 0 Å². The molecule has 1 N–H and O–H groups in total. The van der Waals surface area contributed by atoms with E-state index in [1.807, 2.05) is 37.3 Å². The lowest BCUT2D eigenvalue weighted by Crippen LogP contribution is -2.14. The van der Waals surface area contributed by atoms with Crippen LogP contribution < -0.4 is 0 Å². The lowest BCUT2D eigenvalue weighted by Gasteiger charge is -2.05. The highest BCUT2D eigenvalue weighted by atomic mass is 16.5. The van der Waals surface area contributed by atoms with Gasteiger partial charge in [-0.25, -0.2) is 0 Å². The second kappa shape index (κ2) is 6.22. The lowest BCUT2D eigenvalue weighted by atomic mass is 10.1. The summed E-state index contributed by atoms with van der Waals surface area (Å²) < 4.78 is 5.31. The van der Waals surface area contributed by atoms with E-state index in [1.54, 1.807) is 19.9 Å². The van der Waals surface area contributed by atoms with Gasteiger partial charge in [-0.2, -0.15) is 10.1 Å². The molecule has 1 aromatic carbocycles. The second-order valence-electron chi connectivity index (χ2n) is 5.87. The first-order chi connectivity index (χ1) is 11.4. The fraction of sp³-hybridized carbons (Fsp3) is 0.222. The molecule has 24 heavy (non-hydrogen) atoms. The van der Waals surface area contributed by atoms with E-state index in [-0.39, 0.29) is 0 Å². The zero-order chi connectivity index (χ0) is 17.2. The Hall–Kier alpha value is -3.04. The smallest absolute Gasteiger partial charge is 0.258 e. The summed E-state index contributed by atoms with van der Waals surface area (Å²) in [5, 5.41) is 21.7. The molecule has 2 heterocycles. The Morgan fingerprint density at radius 3 is 2.67 bits per heavy atom. The third-order valence-corrected chi connectivity index (χ3v) is 3.08. The average Bonchev–Trinajstić information content (AvgIpc) is 3.03. The molecule has 0 aliphatic rings. The molecule has 0 saturated heterocycles. The predicted octanol–water partition coefficient (Wildman–Crippen LogP) is 2.62. The minimum Gasteiger partial charge on any atom is -0.378 e. The van der Waals surface area contributed by atoms with Gasteiger partial charge in [-0.1, -0.05) is 23.1 Å². The molecule has 0 fully saturated rings. The van der Waals surface area contributed by atoms with Crippen molar-refractivity contribution in [3.63, 3.8) is 0 Å². The molecular formula is C18H16N4O2. The lowest BCUT2D eigenvalue weighted by molar-refractivity contribution is 0.143. The van der Waals surface area contributed by atoms with E-state index in [2.05, 4.69) is 32.2 Å². The van der Waals surface area contributed by atoms with Gasteiger partial charge in [0.15, 0.2) is 0 Å². The van der Waals surface area contributed by atoms with Crippen LogP contribution in [0.25, 0.3) is 23.0 Å². The van der Waals surface area contributed by atoms with Crippen molar-refractivity contribution in [1.29, 1.82) is 0 Å². The van der Waals surface area contributed by atoms with Crippen LogP contribution in [-0.4, -0.2) is 31.0 Å². The summed E-state index contributed by atoms with van der Waals surface area (Å²) in [4.78, 5) is 4.35. The third kappa shape index (κ3) is 3.83. The minimum absolute atomic E-state index is 0.374. The summed E-state index contributed by atoms with van der Waals surface area (Å²) in [5.41, 5.74) is 1.83. The average molecular weight is 320 g/mol. The number of nitrogens with zero attached hydrogens (tertiary/aromatic N) is 4. The summed E-state index contributed by atoms with van der Waals surface area (Å²) in [6.45, 7) is 5.13. The topological polar surface area (TPSA) is 84.9 Å². The first-order valence-electron chi connectivity index (χ1n) is 7.41. The summed E-state index contributed by atoms with van der Waals surface area (Å²) >= 11 is 0. The van der Waals surface area contributed by atoms with Crippen LogP contribution in [0.3, 0.4) is 0 Å². The van der Waals surface area contributed by atoms with Gasteiger partial charge in [0.1, 0.15) is 11.3 Å². The van der Waals surface area contributed by atoms with E-state index in [1.165, 1.54) is 0 Å². The van der Waals surface area contributed by atoms with Crippen LogP contribution in [0.4, 0.5) is 0 Å². The third-order valence-electron chi connectivity index (χ3n) is 3.08. The van der Waals surface area contributed by atoms with Crippen LogP contribution in [0.2, 0.25) is 0 Å². The van der Waals surface area contributed by atoms with Crippen molar-refractivity contribution in [2.45, 2.75) is 26.4 Å². The van der Waals surface area contributed by atoms with Crippen LogP contribution in [0.1, 0.15) is 25.1 Å². The number of rotatable bonds is 2. The largest absolute Gasteiger partial charge is 0.378 e. The number of aryl methyl sites for hydroxylation is 1. The molecule has 6 heteroatoms. The first kappa shape index (κ1) is 15.8. The van der Waals surface area contributed by atoms with Gasteiger partial charge in [0.2, 0.25) is 5.82 Å². The number of hydrogen-bond donors (Lipinski definition) is 1. The normalized spacial score (nSPS) is 11.0. The number of aliphatic hydroxyl groups is 1. The predicted molar refractivity (Wildman–Crippen MR) is 88.7 cm³/mol. The fourth-order valence-corrected chi connectivity index (χ4v) is 1.92. The van der Waals surface area contributed by atoms with Crippen molar-refractivity contribution < 1.29 is 9.63 Å². The Labute approximate surface area is 139 Å². The van der Waals surface area contributed by atoms with Gasteiger partial charge < -0.3 is 9.63 Å². The van der Waals surface area contributed by atoms with Gasteiger partial charge in [0.25, 0.3) is 5.89 Å². The molecule has 0 spiro atoms. The maximum atomic E-state index is 9.69. The SMILES string of the molecule is Cc1ccc(-c2noc(-c3cccc(C#CC(C)(C)O)c3)n2)nn1. The number of benzene rings is 1. The van der Waals surface area contributed by atoms with E-state index in [9.17, 15) is 5.11 Å². The Morgan fingerprint density at radius 2 is 1.96 bits per heavy atom. The van der Waals surface area contributed by atoms with Gasteiger partial charge in [-0.05, 0) is 51.1 Å². The molecule has 0 amide bonds. The standard InChI is InChI=1S/C18H16N4O2/c1-12-7-8-15(21-20-12)16-19-17(24-22-16)14-6-4-5-13(11-14)9-10-18(2,3)23/h4-8,11,23H,1-3H3. The van der Waals surface area contributed by atoms with Crippen molar-refractivity contribution in [3.05, 3.63) is 47.7 Å². The Balaban J connectivity index is 1.90. The summed E-state index contributed by atoms with van der Waals surface area (Å²) in [7, 11) is 0. The molecule has 0 unspecified atom stereocenters. The molecule has 0 atom stereocenters. The Kier molecular flexibility index (Phi) is 4.11. The quantitative estimate of drug-likeness (QED) is 0.731. The molecular weight excluding hydrogens is 304 g/mol. The minimum atomic E-state index is -1.04. The van der Waals surface area contributed by atoms with Crippen LogP contribution in [0.15, 0.2) is 40.9 Å². The van der Waals surface area contributed by atoms with Gasteiger partial charge in [0, 0.05) is 11.1 Å². The van der Waals surface area contributed by atoms with Crippen molar-refractivity contribution in [1.82, 2.24) is 20.3 Å². The second-order valence-corrected chi connectivity index (χ2v) is 5.87. The molecule has 0 aliphatic carbocycles.